The van der Waals surface area contributed by atoms with Crippen LogP contribution in [-0.4, -0.2) is 29.3 Å². The van der Waals surface area contributed by atoms with Gasteiger partial charge >= 0.3 is 0 Å². The molecule has 3 aromatic rings. The molecule has 4 rings (SSSR count). The van der Waals surface area contributed by atoms with Crippen molar-refractivity contribution in [2.75, 3.05) is 13.2 Å². The van der Waals surface area contributed by atoms with Gasteiger partial charge in [-0.2, -0.15) is 0 Å². The van der Waals surface area contributed by atoms with Crippen LogP contribution in [0.5, 0.6) is 11.5 Å². The Kier molecular flexibility index (Phi) is 7.85. The fraction of sp³-hybridized carbons (Fsp3) is 0.267. The first kappa shape index (κ1) is 25.6. The van der Waals surface area contributed by atoms with Crippen molar-refractivity contribution in [1.82, 2.24) is 4.90 Å². The van der Waals surface area contributed by atoms with E-state index in [-0.39, 0.29) is 23.1 Å². The van der Waals surface area contributed by atoms with Crippen molar-refractivity contribution >= 4 is 29.0 Å². The highest BCUT2D eigenvalue weighted by atomic mass is 32.2. The maximum absolute atomic E-state index is 12.8. The first-order valence-electron chi connectivity index (χ1n) is 12.0. The summed E-state index contributed by atoms with van der Waals surface area (Å²) in [6.07, 6.45) is 1.74. The quantitative estimate of drug-likeness (QED) is 0.246. The maximum Gasteiger partial charge on any atom is 0.293 e. The van der Waals surface area contributed by atoms with Crippen LogP contribution in [0.15, 0.2) is 77.7 Å². The predicted octanol–water partition coefficient (Wildman–Crippen LogP) is 6.99. The zero-order valence-electron chi connectivity index (χ0n) is 21.1. The molecule has 0 spiro atoms. The van der Waals surface area contributed by atoms with E-state index in [1.807, 2.05) is 67.6 Å². The van der Waals surface area contributed by atoms with Crippen molar-refractivity contribution in [3.8, 4) is 11.5 Å². The number of hydrogen-bond acceptors (Lipinski definition) is 5. The predicted molar refractivity (Wildman–Crippen MR) is 145 cm³/mol. The van der Waals surface area contributed by atoms with Crippen LogP contribution in [0.3, 0.4) is 0 Å². The lowest BCUT2D eigenvalue weighted by Gasteiger charge is -2.19. The molecule has 3 aromatic carbocycles. The van der Waals surface area contributed by atoms with Crippen LogP contribution in [0.2, 0.25) is 0 Å². The number of carbonyl (C=O) groups excluding carboxylic acids is 2. The van der Waals surface area contributed by atoms with Crippen molar-refractivity contribution in [3.63, 3.8) is 0 Å². The average molecular weight is 502 g/mol. The Bertz CT molecular complexity index is 1240. The number of amides is 2. The van der Waals surface area contributed by atoms with E-state index in [2.05, 4.69) is 32.9 Å². The van der Waals surface area contributed by atoms with Gasteiger partial charge in [-0.25, -0.2) is 0 Å². The van der Waals surface area contributed by atoms with Gasteiger partial charge in [-0.1, -0.05) is 74.9 Å². The van der Waals surface area contributed by atoms with Crippen molar-refractivity contribution in [2.45, 2.75) is 39.7 Å². The third-order valence-corrected chi connectivity index (χ3v) is 6.76. The van der Waals surface area contributed by atoms with Crippen LogP contribution in [0, 0.1) is 6.92 Å². The van der Waals surface area contributed by atoms with Gasteiger partial charge in [-0.3, -0.25) is 14.5 Å². The minimum absolute atomic E-state index is 0.115. The molecule has 0 aromatic heterocycles. The fourth-order valence-corrected chi connectivity index (χ4v) is 4.53. The van der Waals surface area contributed by atoms with Gasteiger partial charge in [0.1, 0.15) is 24.7 Å². The second-order valence-corrected chi connectivity index (χ2v) is 10.8. The SMILES string of the molecule is Cc1ccc(CN2C(=O)S/C(=C\c3ccc(OCCOc4ccc(C(C)(C)C)cc4)cc3)C2=O)cc1. The first-order chi connectivity index (χ1) is 17.2. The highest BCUT2D eigenvalue weighted by Gasteiger charge is 2.34. The van der Waals surface area contributed by atoms with Crippen LogP contribution in [0.25, 0.3) is 6.08 Å². The number of aryl methyl sites for hydroxylation is 1. The smallest absolute Gasteiger partial charge is 0.293 e. The monoisotopic (exact) mass is 501 g/mol. The van der Waals surface area contributed by atoms with E-state index >= 15 is 0 Å². The van der Waals surface area contributed by atoms with Gasteiger partial charge in [0.15, 0.2) is 0 Å². The number of benzene rings is 3. The summed E-state index contributed by atoms with van der Waals surface area (Å²) >= 11 is 0.971. The Hall–Kier alpha value is -3.51. The highest BCUT2D eigenvalue weighted by molar-refractivity contribution is 8.18. The number of rotatable bonds is 8. The first-order valence-corrected chi connectivity index (χ1v) is 12.8. The molecule has 6 heteroatoms. The molecule has 0 bridgehead atoms. The number of ether oxygens (including phenoxy) is 2. The van der Waals surface area contributed by atoms with Gasteiger partial charge in [0.25, 0.3) is 11.1 Å². The number of carbonyl (C=O) groups is 2. The topological polar surface area (TPSA) is 55.8 Å². The normalized spacial score (nSPS) is 15.0. The number of hydrogen-bond donors (Lipinski definition) is 0. The third kappa shape index (κ3) is 6.58. The lowest BCUT2D eigenvalue weighted by atomic mass is 9.87. The standard InChI is InChI=1S/C30H31NO4S/c1-21-5-7-23(8-6-21)20-31-28(32)27(36-29(31)33)19-22-9-13-25(14-10-22)34-17-18-35-26-15-11-24(12-16-26)30(2,3)4/h5-16,19H,17-18,20H2,1-4H3/b27-19-. The van der Waals surface area contributed by atoms with Crippen LogP contribution < -0.4 is 9.47 Å². The summed E-state index contributed by atoms with van der Waals surface area (Å²) in [5, 5.41) is -0.250. The molecule has 0 N–H and O–H groups in total. The van der Waals surface area contributed by atoms with E-state index in [1.54, 1.807) is 6.08 Å². The molecule has 1 aliphatic heterocycles. The van der Waals surface area contributed by atoms with E-state index in [9.17, 15) is 9.59 Å². The molecular weight excluding hydrogens is 470 g/mol. The maximum atomic E-state index is 12.8. The number of thioether (sulfide) groups is 1. The van der Waals surface area contributed by atoms with Gasteiger partial charge in [-0.15, -0.1) is 0 Å². The molecule has 1 saturated heterocycles. The van der Waals surface area contributed by atoms with Crippen molar-refractivity contribution in [1.29, 1.82) is 0 Å². The Morgan fingerprint density at radius 3 is 1.92 bits per heavy atom. The van der Waals surface area contributed by atoms with Crippen molar-refractivity contribution < 1.29 is 19.1 Å². The van der Waals surface area contributed by atoms with Crippen LogP contribution in [-0.2, 0) is 16.8 Å². The number of imide groups is 1. The molecule has 0 saturated carbocycles. The summed E-state index contributed by atoms with van der Waals surface area (Å²) in [6.45, 7) is 9.68. The summed E-state index contributed by atoms with van der Waals surface area (Å²) in [5.41, 5.74) is 4.28. The Balaban J connectivity index is 1.27. The largest absolute Gasteiger partial charge is 0.490 e. The van der Waals surface area contributed by atoms with Gasteiger partial charge in [0.2, 0.25) is 0 Å². The highest BCUT2D eigenvalue weighted by Crippen LogP contribution is 2.33. The molecule has 36 heavy (non-hydrogen) atoms. The Labute approximate surface area is 217 Å². The second-order valence-electron chi connectivity index (χ2n) is 9.79. The van der Waals surface area contributed by atoms with E-state index < -0.39 is 0 Å². The molecule has 0 unspecified atom stereocenters. The zero-order chi connectivity index (χ0) is 25.7. The van der Waals surface area contributed by atoms with E-state index in [0.717, 1.165) is 34.2 Å². The summed E-state index contributed by atoms with van der Waals surface area (Å²) in [7, 11) is 0. The number of nitrogens with zero attached hydrogens (tertiary/aromatic N) is 1. The molecule has 0 radical (unpaired) electrons. The molecule has 1 fully saturated rings. The summed E-state index contributed by atoms with van der Waals surface area (Å²) in [5.74, 6) is 1.27. The van der Waals surface area contributed by atoms with E-state index in [0.29, 0.717) is 23.9 Å². The molecule has 0 aliphatic carbocycles. The van der Waals surface area contributed by atoms with Gasteiger partial charge < -0.3 is 9.47 Å². The van der Waals surface area contributed by atoms with Crippen LogP contribution in [0.1, 0.15) is 43.0 Å². The Morgan fingerprint density at radius 2 is 1.36 bits per heavy atom. The summed E-state index contributed by atoms with van der Waals surface area (Å²) in [6, 6.07) is 23.4. The molecule has 1 aliphatic rings. The summed E-state index contributed by atoms with van der Waals surface area (Å²) < 4.78 is 11.6. The average Bonchev–Trinajstić information content (AvgIpc) is 3.11. The lowest BCUT2D eigenvalue weighted by molar-refractivity contribution is -0.123. The Morgan fingerprint density at radius 1 is 0.806 bits per heavy atom. The van der Waals surface area contributed by atoms with E-state index in [4.69, 9.17) is 9.47 Å². The molecule has 2 amide bonds. The van der Waals surface area contributed by atoms with Gasteiger partial charge in [0, 0.05) is 0 Å². The molecule has 0 atom stereocenters. The summed E-state index contributed by atoms with van der Waals surface area (Å²) in [4.78, 5) is 26.9. The van der Waals surface area contributed by atoms with Crippen molar-refractivity contribution in [3.05, 3.63) is 100.0 Å². The zero-order valence-corrected chi connectivity index (χ0v) is 21.9. The second kappa shape index (κ2) is 11.0. The fourth-order valence-electron chi connectivity index (χ4n) is 3.69. The minimum Gasteiger partial charge on any atom is -0.490 e. The minimum atomic E-state index is -0.265. The lowest BCUT2D eigenvalue weighted by Crippen LogP contribution is -2.27. The molecular formula is C30H31NO4S. The molecule has 5 nitrogen and oxygen atoms in total. The van der Waals surface area contributed by atoms with Crippen LogP contribution in [0.4, 0.5) is 4.79 Å². The van der Waals surface area contributed by atoms with E-state index in [1.165, 1.54) is 10.5 Å². The molecule has 186 valence electrons. The van der Waals surface area contributed by atoms with Gasteiger partial charge in [-0.05, 0) is 71.1 Å². The van der Waals surface area contributed by atoms with Crippen LogP contribution >= 0.6 is 11.8 Å². The van der Waals surface area contributed by atoms with Crippen molar-refractivity contribution in [2.24, 2.45) is 0 Å². The molecule has 1 heterocycles. The van der Waals surface area contributed by atoms with Gasteiger partial charge in [0.05, 0.1) is 11.4 Å². The third-order valence-electron chi connectivity index (χ3n) is 5.85.